The van der Waals surface area contributed by atoms with Crippen LogP contribution in [0, 0.1) is 0 Å². The Labute approximate surface area is 96.0 Å². The zero-order valence-electron chi connectivity index (χ0n) is 8.27. The fourth-order valence-corrected chi connectivity index (χ4v) is 3.42. The summed E-state index contributed by atoms with van der Waals surface area (Å²) in [5.41, 5.74) is 0. The monoisotopic (exact) mass is 264 g/mol. The van der Waals surface area contributed by atoms with Gasteiger partial charge in [-0.15, -0.1) is 0 Å². The van der Waals surface area contributed by atoms with Gasteiger partial charge in [-0.25, -0.2) is 0 Å². The van der Waals surface area contributed by atoms with Crippen molar-refractivity contribution in [3.05, 3.63) is 60.7 Å². The Bertz CT molecular complexity index is 324. The van der Waals surface area contributed by atoms with Crippen LogP contribution in [-0.2, 0) is 0 Å². The molecule has 15 heavy (non-hydrogen) atoms. The summed E-state index contributed by atoms with van der Waals surface area (Å²) in [5, 5.41) is 0. The van der Waals surface area contributed by atoms with Crippen molar-refractivity contribution in [2.45, 2.75) is 0 Å². The summed E-state index contributed by atoms with van der Waals surface area (Å²) in [6, 6.07) is 21.5. The summed E-state index contributed by atoms with van der Waals surface area (Å²) >= 11 is -0.108. The summed E-state index contributed by atoms with van der Waals surface area (Å²) in [6.07, 6.45) is 0. The third-order valence-corrected chi connectivity index (χ3v) is 4.45. The van der Waals surface area contributed by atoms with Crippen molar-refractivity contribution in [2.24, 2.45) is 0 Å². The van der Waals surface area contributed by atoms with Crippen molar-refractivity contribution in [1.82, 2.24) is 0 Å². The van der Waals surface area contributed by atoms with Gasteiger partial charge in [-0.2, -0.15) is 0 Å². The van der Waals surface area contributed by atoms with Crippen LogP contribution in [0.3, 0.4) is 0 Å². The molecule has 0 amide bonds. The van der Waals surface area contributed by atoms with Gasteiger partial charge in [0.05, 0.1) is 0 Å². The van der Waals surface area contributed by atoms with Gasteiger partial charge in [-0.05, 0) is 0 Å². The van der Waals surface area contributed by atoms with E-state index < -0.39 is 0 Å². The molecular weight excluding hydrogens is 249 g/mol. The molecule has 4 N–H and O–H groups in total. The molecule has 0 unspecified atom stereocenters. The predicted molar refractivity (Wildman–Crippen MR) is 65.1 cm³/mol. The Hall–Kier alpha value is -1.10. The van der Waals surface area contributed by atoms with E-state index >= 15 is 0 Å². The standard InChI is InChI=1S/C12H10Ge.2H2O/c1-3-7-11(8-4-1)13-12-9-5-2-6-10-12;;/h1-10H;2*1H2. The van der Waals surface area contributed by atoms with Gasteiger partial charge in [0.25, 0.3) is 0 Å². The summed E-state index contributed by atoms with van der Waals surface area (Å²) in [7, 11) is 0. The molecule has 0 aliphatic rings. The molecule has 2 radical (unpaired) electrons. The Morgan fingerprint density at radius 3 is 1.20 bits per heavy atom. The van der Waals surface area contributed by atoms with E-state index in [4.69, 9.17) is 0 Å². The quantitative estimate of drug-likeness (QED) is 0.667. The average molecular weight is 263 g/mol. The number of hydrogen-bond acceptors (Lipinski definition) is 0. The molecule has 78 valence electrons. The normalized spacial score (nSPS) is 8.53. The fourth-order valence-electron chi connectivity index (χ4n) is 1.21. The molecule has 3 heteroatoms. The van der Waals surface area contributed by atoms with Crippen LogP contribution in [0.1, 0.15) is 0 Å². The van der Waals surface area contributed by atoms with Gasteiger partial charge < -0.3 is 11.0 Å². The van der Waals surface area contributed by atoms with Crippen molar-refractivity contribution < 1.29 is 11.0 Å². The molecule has 0 spiro atoms. The van der Waals surface area contributed by atoms with Crippen LogP contribution in [0.25, 0.3) is 0 Å². The second-order valence-electron chi connectivity index (χ2n) is 2.86. The third-order valence-electron chi connectivity index (χ3n) is 1.84. The number of benzene rings is 2. The second kappa shape index (κ2) is 7.23. The van der Waals surface area contributed by atoms with E-state index in [2.05, 4.69) is 60.7 Å². The maximum atomic E-state index is 2.22. The van der Waals surface area contributed by atoms with Gasteiger partial charge in [-0.3, -0.25) is 0 Å². The predicted octanol–water partition coefficient (Wildman–Crippen LogP) is -0.308. The van der Waals surface area contributed by atoms with Crippen molar-refractivity contribution in [3.63, 3.8) is 0 Å². The van der Waals surface area contributed by atoms with Gasteiger partial charge in [0, 0.05) is 0 Å². The van der Waals surface area contributed by atoms with Crippen molar-refractivity contribution in [3.8, 4) is 0 Å². The zero-order chi connectivity index (χ0) is 8.93. The first-order valence-corrected chi connectivity index (χ1v) is 6.42. The van der Waals surface area contributed by atoms with Crippen LogP contribution in [-0.4, -0.2) is 26.4 Å². The minimum atomic E-state index is -0.108. The molecule has 0 saturated carbocycles. The molecular formula is C12H14GeO2. The molecule has 0 fully saturated rings. The number of hydrogen-bond donors (Lipinski definition) is 0. The molecule has 0 aromatic heterocycles. The van der Waals surface area contributed by atoms with Gasteiger partial charge in [-0.1, -0.05) is 0 Å². The first-order chi connectivity index (χ1) is 6.45. The molecule has 2 rings (SSSR count). The summed E-state index contributed by atoms with van der Waals surface area (Å²) < 4.78 is 2.99. The molecule has 0 aliphatic carbocycles. The molecule has 0 saturated heterocycles. The van der Waals surface area contributed by atoms with E-state index in [0.29, 0.717) is 0 Å². The van der Waals surface area contributed by atoms with Crippen molar-refractivity contribution >= 4 is 24.2 Å². The van der Waals surface area contributed by atoms with Crippen LogP contribution in [0.4, 0.5) is 0 Å². The molecule has 0 heterocycles. The Balaban J connectivity index is 0.000000980. The average Bonchev–Trinajstić information content (AvgIpc) is 2.21. The van der Waals surface area contributed by atoms with E-state index in [0.717, 1.165) is 0 Å². The second-order valence-corrected chi connectivity index (χ2v) is 5.80. The Morgan fingerprint density at radius 2 is 0.867 bits per heavy atom. The third kappa shape index (κ3) is 4.29. The number of rotatable bonds is 2. The summed E-state index contributed by atoms with van der Waals surface area (Å²) in [5.74, 6) is 0. The van der Waals surface area contributed by atoms with Crippen LogP contribution in [0.5, 0.6) is 0 Å². The Morgan fingerprint density at radius 1 is 0.533 bits per heavy atom. The molecule has 2 aromatic rings. The van der Waals surface area contributed by atoms with Gasteiger partial charge in [0.15, 0.2) is 0 Å². The van der Waals surface area contributed by atoms with E-state index in [1.807, 2.05) is 0 Å². The van der Waals surface area contributed by atoms with Crippen LogP contribution in [0.2, 0.25) is 0 Å². The van der Waals surface area contributed by atoms with Crippen LogP contribution >= 0.6 is 0 Å². The molecule has 2 nitrogen and oxygen atoms in total. The van der Waals surface area contributed by atoms with Crippen molar-refractivity contribution in [2.75, 3.05) is 0 Å². The van der Waals surface area contributed by atoms with E-state index in [1.54, 1.807) is 0 Å². The Kier molecular flexibility index (Phi) is 6.70. The van der Waals surface area contributed by atoms with Gasteiger partial charge in [0.1, 0.15) is 0 Å². The van der Waals surface area contributed by atoms with E-state index in [9.17, 15) is 0 Å². The van der Waals surface area contributed by atoms with Gasteiger partial charge in [0.2, 0.25) is 0 Å². The van der Waals surface area contributed by atoms with Gasteiger partial charge >= 0.3 is 84.9 Å². The molecule has 0 bridgehead atoms. The van der Waals surface area contributed by atoms with E-state index in [-0.39, 0.29) is 26.4 Å². The van der Waals surface area contributed by atoms with Crippen molar-refractivity contribution in [1.29, 1.82) is 0 Å². The first-order valence-electron chi connectivity index (χ1n) is 4.32. The topological polar surface area (TPSA) is 63.0 Å². The molecule has 0 aliphatic heterocycles. The van der Waals surface area contributed by atoms with Crippen LogP contribution in [0.15, 0.2) is 60.7 Å². The zero-order valence-corrected chi connectivity index (χ0v) is 10.4. The van der Waals surface area contributed by atoms with Crippen LogP contribution < -0.4 is 8.79 Å². The summed E-state index contributed by atoms with van der Waals surface area (Å²) in [4.78, 5) is 0. The molecule has 2 aromatic carbocycles. The van der Waals surface area contributed by atoms with E-state index in [1.165, 1.54) is 8.79 Å². The summed E-state index contributed by atoms with van der Waals surface area (Å²) in [6.45, 7) is 0. The maximum absolute atomic E-state index is 2.22. The minimum absolute atomic E-state index is 0. The molecule has 0 atom stereocenters. The fraction of sp³-hybridized carbons (Fsp3) is 0. The first kappa shape index (κ1) is 13.9. The SMILES string of the molecule is O.O.c1cc[c]([Ge][c]2ccccc2)cc1.